The zero-order valence-corrected chi connectivity index (χ0v) is 10.6. The maximum Gasteiger partial charge on any atom is 0.157 e. The molecule has 0 aliphatic carbocycles. The van der Waals surface area contributed by atoms with E-state index in [2.05, 4.69) is 16.1 Å². The topological polar surface area (TPSA) is 30.7 Å². The highest BCUT2D eigenvalue weighted by atomic mass is 15.3. The lowest BCUT2D eigenvalue weighted by Gasteiger charge is -1.92. The molecule has 2 rings (SSSR count). The van der Waals surface area contributed by atoms with Gasteiger partial charge in [0.2, 0.25) is 0 Å². The lowest BCUT2D eigenvalue weighted by molar-refractivity contribution is 0.786. The molecule has 0 aromatic carbocycles. The highest BCUT2D eigenvalue weighted by Gasteiger charge is 1.98. The maximum absolute atomic E-state index is 4.24. The van der Waals surface area contributed by atoms with Crippen LogP contribution in [0.3, 0.4) is 0 Å². The van der Waals surface area contributed by atoms with Crippen LogP contribution in [0.4, 0.5) is 0 Å². The summed E-state index contributed by atoms with van der Waals surface area (Å²) in [5.74, 6) is 0. The molecule has 0 N–H and O–H groups in total. The zero-order valence-electron chi connectivity index (χ0n) is 10.6. The number of nitrogens with zero attached hydrogens (tertiary/aromatic N) is 3. The van der Waals surface area contributed by atoms with Gasteiger partial charge in [-0.05, 0) is 18.6 Å². The van der Waals surface area contributed by atoms with E-state index >= 15 is 0 Å². The minimum Gasteiger partial charge on any atom is -0.250 e. The van der Waals surface area contributed by atoms with Crippen LogP contribution in [0.1, 0.15) is 33.3 Å². The first-order valence-corrected chi connectivity index (χ1v) is 5.52. The van der Waals surface area contributed by atoms with E-state index in [-0.39, 0.29) is 0 Å². The quantitative estimate of drug-likeness (QED) is 0.663. The Balaban J connectivity index is 0.000000442. The van der Waals surface area contributed by atoms with Crippen LogP contribution < -0.4 is 0 Å². The third kappa shape index (κ3) is 3.35. The fraction of sp³-hybridized carbons (Fsp3) is 0.500. The van der Waals surface area contributed by atoms with Gasteiger partial charge >= 0.3 is 0 Å². The van der Waals surface area contributed by atoms with Crippen LogP contribution in [-0.4, -0.2) is 14.8 Å². The fourth-order valence-corrected chi connectivity index (χ4v) is 1.15. The highest BCUT2D eigenvalue weighted by Crippen LogP contribution is 2.10. The van der Waals surface area contributed by atoms with Crippen molar-refractivity contribution in [3.63, 3.8) is 0 Å². The van der Waals surface area contributed by atoms with Crippen molar-refractivity contribution < 1.29 is 0 Å². The average Bonchev–Trinajstić information content (AvgIpc) is 2.65. The van der Waals surface area contributed by atoms with Crippen molar-refractivity contribution in [2.75, 3.05) is 0 Å². The first-order valence-electron chi connectivity index (χ1n) is 5.52. The maximum atomic E-state index is 4.24. The lowest BCUT2D eigenvalue weighted by Crippen LogP contribution is -1.90. The van der Waals surface area contributed by atoms with Crippen LogP contribution in [0.2, 0.25) is 0 Å². The zero-order chi connectivity index (χ0) is 11.8. The highest BCUT2D eigenvalue weighted by molar-refractivity contribution is 5.74. The summed E-state index contributed by atoms with van der Waals surface area (Å²) in [5, 5.41) is 5.20. The van der Waals surface area contributed by atoms with E-state index in [0.717, 1.165) is 11.0 Å². The third-order valence-corrected chi connectivity index (χ3v) is 1.71. The minimum atomic E-state index is 0.940. The van der Waals surface area contributed by atoms with Crippen LogP contribution in [0.5, 0.6) is 0 Å². The fourth-order valence-electron chi connectivity index (χ4n) is 1.15. The summed E-state index contributed by atoms with van der Waals surface area (Å²) in [6, 6.07) is 2.08. The van der Waals surface area contributed by atoms with E-state index in [1.165, 1.54) is 5.56 Å². The first kappa shape index (κ1) is 13.6. The van der Waals surface area contributed by atoms with E-state index in [1.807, 2.05) is 54.1 Å². The lowest BCUT2D eigenvalue weighted by atomic mass is 10.3. The van der Waals surface area contributed by atoms with Gasteiger partial charge in [0.1, 0.15) is 0 Å². The summed E-state index contributed by atoms with van der Waals surface area (Å²) < 4.78 is 1.77. The third-order valence-electron chi connectivity index (χ3n) is 1.71. The number of hydrogen-bond acceptors (Lipinski definition) is 2. The van der Waals surface area contributed by atoms with Crippen molar-refractivity contribution in [1.29, 1.82) is 0 Å². The Bertz CT molecular complexity index is 391. The summed E-state index contributed by atoms with van der Waals surface area (Å²) >= 11 is 0. The predicted octanol–water partition coefficient (Wildman–Crippen LogP) is 3.33. The van der Waals surface area contributed by atoms with E-state index < -0.39 is 0 Å². The van der Waals surface area contributed by atoms with Gasteiger partial charge in [0.15, 0.2) is 5.65 Å². The number of aryl methyl sites for hydroxylation is 2. The molecule has 0 aliphatic rings. The standard InChI is InChI=1S/C8H9N3.2C2H6/c1-6-3-7-5-10-11(2)8(7)9-4-6;2*1-2/h3-5H,1-2H3;2*1-2H3. The second-order valence-electron chi connectivity index (χ2n) is 2.69. The molecule has 0 atom stereocenters. The van der Waals surface area contributed by atoms with Crippen molar-refractivity contribution in [3.05, 3.63) is 24.0 Å². The molecular weight excluding hydrogens is 186 g/mol. The molecule has 0 fully saturated rings. The summed E-state index contributed by atoms with van der Waals surface area (Å²) in [7, 11) is 1.89. The molecule has 2 aromatic rings. The molecule has 0 saturated carbocycles. The number of fused-ring (bicyclic) bond motifs is 1. The van der Waals surface area contributed by atoms with E-state index in [4.69, 9.17) is 0 Å². The molecule has 15 heavy (non-hydrogen) atoms. The number of pyridine rings is 1. The van der Waals surface area contributed by atoms with Gasteiger partial charge in [-0.15, -0.1) is 0 Å². The Labute approximate surface area is 92.1 Å². The Morgan fingerprint density at radius 1 is 1.07 bits per heavy atom. The van der Waals surface area contributed by atoms with Crippen molar-refractivity contribution in [3.8, 4) is 0 Å². The smallest absolute Gasteiger partial charge is 0.157 e. The molecule has 2 heterocycles. The molecular formula is C12H21N3. The predicted molar refractivity (Wildman–Crippen MR) is 65.9 cm³/mol. The molecule has 2 aromatic heterocycles. The minimum absolute atomic E-state index is 0.940. The van der Waals surface area contributed by atoms with Gasteiger partial charge in [-0.1, -0.05) is 27.7 Å². The average molecular weight is 207 g/mol. The van der Waals surface area contributed by atoms with Crippen molar-refractivity contribution in [2.24, 2.45) is 7.05 Å². The molecule has 0 unspecified atom stereocenters. The Morgan fingerprint density at radius 3 is 2.27 bits per heavy atom. The molecule has 0 amide bonds. The summed E-state index contributed by atoms with van der Waals surface area (Å²) in [4.78, 5) is 4.24. The van der Waals surface area contributed by atoms with E-state index in [1.54, 1.807) is 4.68 Å². The van der Waals surface area contributed by atoms with Gasteiger partial charge in [-0.25, -0.2) is 4.98 Å². The molecule has 84 valence electrons. The normalized spacial score (nSPS) is 8.67. The van der Waals surface area contributed by atoms with Gasteiger partial charge in [-0.3, -0.25) is 4.68 Å². The van der Waals surface area contributed by atoms with Gasteiger partial charge in [0, 0.05) is 18.6 Å². The molecule has 0 aliphatic heterocycles. The Hall–Kier alpha value is -1.38. The van der Waals surface area contributed by atoms with Crippen LogP contribution in [0.15, 0.2) is 18.5 Å². The van der Waals surface area contributed by atoms with Gasteiger partial charge in [0.25, 0.3) is 0 Å². The van der Waals surface area contributed by atoms with Gasteiger partial charge in [-0.2, -0.15) is 5.10 Å². The SMILES string of the molecule is CC.CC.Cc1cnc2c(cnn2C)c1. The monoisotopic (exact) mass is 207 g/mol. The molecule has 3 nitrogen and oxygen atoms in total. The van der Waals surface area contributed by atoms with Crippen LogP contribution in [0.25, 0.3) is 11.0 Å². The molecule has 0 saturated heterocycles. The van der Waals surface area contributed by atoms with Crippen molar-refractivity contribution in [1.82, 2.24) is 14.8 Å². The molecule has 0 bridgehead atoms. The van der Waals surface area contributed by atoms with E-state index in [9.17, 15) is 0 Å². The van der Waals surface area contributed by atoms with Crippen LogP contribution in [-0.2, 0) is 7.05 Å². The summed E-state index contributed by atoms with van der Waals surface area (Å²) in [5.41, 5.74) is 2.11. The van der Waals surface area contributed by atoms with Crippen molar-refractivity contribution in [2.45, 2.75) is 34.6 Å². The second kappa shape index (κ2) is 6.98. The number of hydrogen-bond donors (Lipinski definition) is 0. The second-order valence-corrected chi connectivity index (χ2v) is 2.69. The first-order chi connectivity index (χ1) is 7.27. The van der Waals surface area contributed by atoms with Gasteiger partial charge < -0.3 is 0 Å². The molecule has 0 radical (unpaired) electrons. The number of rotatable bonds is 0. The van der Waals surface area contributed by atoms with E-state index in [0.29, 0.717) is 0 Å². The largest absolute Gasteiger partial charge is 0.250 e. The summed E-state index contributed by atoms with van der Waals surface area (Å²) in [6.45, 7) is 10.0. The Kier molecular flexibility index (Phi) is 6.34. The van der Waals surface area contributed by atoms with Crippen LogP contribution in [0, 0.1) is 6.92 Å². The van der Waals surface area contributed by atoms with Crippen molar-refractivity contribution >= 4 is 11.0 Å². The number of aromatic nitrogens is 3. The van der Waals surface area contributed by atoms with Gasteiger partial charge in [0.05, 0.1) is 6.20 Å². The van der Waals surface area contributed by atoms with Crippen LogP contribution >= 0.6 is 0 Å². The Morgan fingerprint density at radius 2 is 1.67 bits per heavy atom. The summed E-state index contributed by atoms with van der Waals surface area (Å²) in [6.07, 6.45) is 3.68. The molecule has 3 heteroatoms. The molecule has 0 spiro atoms.